The van der Waals surface area contributed by atoms with E-state index in [0.29, 0.717) is 6.10 Å². The van der Waals surface area contributed by atoms with Crippen molar-refractivity contribution < 1.29 is 9.84 Å². The topological polar surface area (TPSA) is 29.5 Å². The molecule has 2 aliphatic rings. The number of ether oxygens (including phenoxy) is 1. The lowest BCUT2D eigenvalue weighted by Crippen LogP contribution is -2.28. The molecule has 2 heteroatoms. The minimum absolute atomic E-state index is 0.0354. The molecule has 3 atom stereocenters. The first-order chi connectivity index (χ1) is 8.72. The Morgan fingerprint density at radius 1 is 1.28 bits per heavy atom. The highest BCUT2D eigenvalue weighted by atomic mass is 16.5. The van der Waals surface area contributed by atoms with Gasteiger partial charge in [-0.1, -0.05) is 18.2 Å². The fourth-order valence-electron chi connectivity index (χ4n) is 3.24. The minimum Gasteiger partial charge on any atom is -0.390 e. The van der Waals surface area contributed by atoms with E-state index < -0.39 is 0 Å². The number of aryl methyl sites for hydroxylation is 2. The standard InChI is InChI=1S/C16H22O2/c1-11-5-8-16(18-11)15(17)10-12-6-7-13-3-2-4-14(13)9-12/h6-7,9,11,15-17H,2-5,8,10H2,1H3. The Morgan fingerprint density at radius 3 is 2.89 bits per heavy atom. The molecule has 18 heavy (non-hydrogen) atoms. The van der Waals surface area contributed by atoms with Gasteiger partial charge in [-0.3, -0.25) is 0 Å². The van der Waals surface area contributed by atoms with Gasteiger partial charge in [0.2, 0.25) is 0 Å². The van der Waals surface area contributed by atoms with Crippen molar-refractivity contribution in [3.63, 3.8) is 0 Å². The summed E-state index contributed by atoms with van der Waals surface area (Å²) >= 11 is 0. The summed E-state index contributed by atoms with van der Waals surface area (Å²) < 4.78 is 5.74. The lowest BCUT2D eigenvalue weighted by Gasteiger charge is -2.18. The fourth-order valence-corrected chi connectivity index (χ4v) is 3.24. The molecule has 0 bridgehead atoms. The first-order valence-corrected chi connectivity index (χ1v) is 7.16. The van der Waals surface area contributed by atoms with Crippen LogP contribution < -0.4 is 0 Å². The molecule has 2 nitrogen and oxygen atoms in total. The highest BCUT2D eigenvalue weighted by Gasteiger charge is 2.28. The molecule has 0 spiro atoms. The van der Waals surface area contributed by atoms with Crippen molar-refractivity contribution in [2.24, 2.45) is 0 Å². The molecule has 1 aromatic carbocycles. The second-order valence-corrected chi connectivity index (χ2v) is 5.79. The third-order valence-corrected chi connectivity index (χ3v) is 4.30. The summed E-state index contributed by atoms with van der Waals surface area (Å²) in [5.41, 5.74) is 4.24. The monoisotopic (exact) mass is 246 g/mol. The molecule has 1 saturated heterocycles. The molecule has 98 valence electrons. The van der Waals surface area contributed by atoms with Crippen molar-refractivity contribution in [3.8, 4) is 0 Å². The van der Waals surface area contributed by atoms with E-state index in [2.05, 4.69) is 25.1 Å². The second-order valence-electron chi connectivity index (χ2n) is 5.79. The van der Waals surface area contributed by atoms with E-state index >= 15 is 0 Å². The van der Waals surface area contributed by atoms with Gasteiger partial charge in [0.1, 0.15) is 0 Å². The molecule has 0 aromatic heterocycles. The number of aliphatic hydroxyl groups excluding tert-OH is 1. The zero-order valence-electron chi connectivity index (χ0n) is 11.1. The predicted octanol–water partition coefficient (Wildman–Crippen LogP) is 2.65. The van der Waals surface area contributed by atoms with Crippen molar-refractivity contribution in [1.29, 1.82) is 0 Å². The Hall–Kier alpha value is -0.860. The van der Waals surface area contributed by atoms with Crippen LogP contribution in [0.4, 0.5) is 0 Å². The van der Waals surface area contributed by atoms with E-state index in [9.17, 15) is 5.11 Å². The van der Waals surface area contributed by atoms with Gasteiger partial charge in [-0.05, 0) is 55.7 Å². The zero-order valence-corrected chi connectivity index (χ0v) is 11.1. The summed E-state index contributed by atoms with van der Waals surface area (Å²) in [6, 6.07) is 6.69. The number of hydrogen-bond acceptors (Lipinski definition) is 2. The van der Waals surface area contributed by atoms with Crippen molar-refractivity contribution >= 4 is 0 Å². The molecule has 0 radical (unpaired) electrons. The summed E-state index contributed by atoms with van der Waals surface area (Å²) in [6.07, 6.45) is 6.50. The van der Waals surface area contributed by atoms with Crippen molar-refractivity contribution in [2.75, 3.05) is 0 Å². The van der Waals surface area contributed by atoms with E-state index in [1.165, 1.54) is 36.0 Å². The Labute approximate surface area is 109 Å². The summed E-state index contributed by atoms with van der Waals surface area (Å²) in [5.74, 6) is 0. The molecule has 1 heterocycles. The zero-order chi connectivity index (χ0) is 12.5. The van der Waals surface area contributed by atoms with Crippen LogP contribution in [0.5, 0.6) is 0 Å². The quantitative estimate of drug-likeness (QED) is 0.888. The van der Waals surface area contributed by atoms with E-state index in [-0.39, 0.29) is 12.2 Å². The Bertz CT molecular complexity index is 427. The van der Waals surface area contributed by atoms with Crippen LogP contribution in [0.2, 0.25) is 0 Å². The molecule has 1 N–H and O–H groups in total. The van der Waals surface area contributed by atoms with Gasteiger partial charge < -0.3 is 9.84 Å². The lowest BCUT2D eigenvalue weighted by atomic mass is 9.99. The SMILES string of the molecule is CC1CCC(C(O)Cc2ccc3c(c2)CCC3)O1. The highest BCUT2D eigenvalue weighted by molar-refractivity contribution is 5.35. The molecule has 1 aliphatic heterocycles. The highest BCUT2D eigenvalue weighted by Crippen LogP contribution is 2.26. The average molecular weight is 246 g/mol. The molecule has 3 unspecified atom stereocenters. The van der Waals surface area contributed by atoms with Crippen LogP contribution in [0.25, 0.3) is 0 Å². The summed E-state index contributed by atoms with van der Waals surface area (Å²) in [5, 5.41) is 10.2. The van der Waals surface area contributed by atoms with Crippen LogP contribution in [-0.2, 0) is 24.0 Å². The maximum atomic E-state index is 10.2. The second kappa shape index (κ2) is 5.02. The number of fused-ring (bicyclic) bond motifs is 1. The van der Waals surface area contributed by atoms with Crippen LogP contribution in [0.1, 0.15) is 42.9 Å². The van der Waals surface area contributed by atoms with Gasteiger partial charge in [-0.25, -0.2) is 0 Å². The van der Waals surface area contributed by atoms with Gasteiger partial charge in [-0.2, -0.15) is 0 Å². The van der Waals surface area contributed by atoms with Crippen LogP contribution in [0, 0.1) is 0 Å². The van der Waals surface area contributed by atoms with Crippen LogP contribution in [0.15, 0.2) is 18.2 Å². The summed E-state index contributed by atoms with van der Waals surface area (Å²) in [4.78, 5) is 0. The van der Waals surface area contributed by atoms with Crippen LogP contribution in [-0.4, -0.2) is 23.4 Å². The third-order valence-electron chi connectivity index (χ3n) is 4.30. The maximum Gasteiger partial charge on any atom is 0.0842 e. The Morgan fingerprint density at radius 2 is 2.11 bits per heavy atom. The molecule has 1 aliphatic carbocycles. The normalized spacial score (nSPS) is 28.3. The molecular weight excluding hydrogens is 224 g/mol. The first-order valence-electron chi connectivity index (χ1n) is 7.16. The molecule has 1 fully saturated rings. The number of benzene rings is 1. The Kier molecular flexibility index (Phi) is 3.40. The molecule has 3 rings (SSSR count). The predicted molar refractivity (Wildman–Crippen MR) is 71.7 cm³/mol. The van der Waals surface area contributed by atoms with Crippen molar-refractivity contribution in [3.05, 3.63) is 34.9 Å². The number of hydrogen-bond donors (Lipinski definition) is 1. The molecule has 0 saturated carbocycles. The van der Waals surface area contributed by atoms with Crippen LogP contribution in [0.3, 0.4) is 0 Å². The van der Waals surface area contributed by atoms with E-state index in [1.807, 2.05) is 0 Å². The van der Waals surface area contributed by atoms with Crippen molar-refractivity contribution in [1.82, 2.24) is 0 Å². The minimum atomic E-state index is -0.352. The summed E-state index contributed by atoms with van der Waals surface area (Å²) in [6.45, 7) is 2.09. The maximum absolute atomic E-state index is 10.2. The molecule has 1 aromatic rings. The van der Waals surface area contributed by atoms with Gasteiger partial charge >= 0.3 is 0 Å². The lowest BCUT2D eigenvalue weighted by molar-refractivity contribution is -0.0278. The van der Waals surface area contributed by atoms with E-state index in [0.717, 1.165) is 19.3 Å². The number of aliphatic hydroxyl groups is 1. The van der Waals surface area contributed by atoms with Gasteiger partial charge in [0.05, 0.1) is 18.3 Å². The first kappa shape index (κ1) is 12.2. The Balaban J connectivity index is 1.65. The van der Waals surface area contributed by atoms with Gasteiger partial charge in [0.15, 0.2) is 0 Å². The average Bonchev–Trinajstić information content (AvgIpc) is 2.96. The largest absolute Gasteiger partial charge is 0.390 e. The van der Waals surface area contributed by atoms with Crippen molar-refractivity contribution in [2.45, 2.75) is 63.8 Å². The smallest absolute Gasteiger partial charge is 0.0842 e. The third kappa shape index (κ3) is 2.45. The van der Waals surface area contributed by atoms with E-state index in [4.69, 9.17) is 4.74 Å². The van der Waals surface area contributed by atoms with Gasteiger partial charge in [0.25, 0.3) is 0 Å². The summed E-state index contributed by atoms with van der Waals surface area (Å²) in [7, 11) is 0. The molecular formula is C16H22O2. The van der Waals surface area contributed by atoms with E-state index in [1.54, 1.807) is 0 Å². The fraction of sp³-hybridized carbons (Fsp3) is 0.625. The van der Waals surface area contributed by atoms with Gasteiger partial charge in [-0.15, -0.1) is 0 Å². The number of rotatable bonds is 3. The molecule has 0 amide bonds. The van der Waals surface area contributed by atoms with Gasteiger partial charge in [0, 0.05) is 6.42 Å². The van der Waals surface area contributed by atoms with Crippen LogP contribution >= 0.6 is 0 Å².